The lowest BCUT2D eigenvalue weighted by molar-refractivity contribution is 0.913. The fourth-order valence-corrected chi connectivity index (χ4v) is 1.65. The average molecular weight is 257 g/mol. The molecule has 0 unspecified atom stereocenters. The molecule has 0 fully saturated rings. The number of anilines is 3. The second-order valence-corrected chi connectivity index (χ2v) is 4.27. The molecule has 0 spiro atoms. The molecule has 100 valence electrons. The molecule has 1 aromatic carbocycles. The van der Waals surface area contributed by atoms with Gasteiger partial charge in [-0.25, -0.2) is 0 Å². The summed E-state index contributed by atoms with van der Waals surface area (Å²) < 4.78 is 0. The number of nitrogens with one attached hydrogen (secondary N) is 2. The van der Waals surface area contributed by atoms with E-state index in [1.54, 1.807) is 6.20 Å². The maximum Gasteiger partial charge on any atom is 0.244 e. The first-order valence-electron chi connectivity index (χ1n) is 6.61. The Morgan fingerprint density at radius 3 is 2.58 bits per heavy atom. The largest absolute Gasteiger partial charge is 0.353 e. The summed E-state index contributed by atoms with van der Waals surface area (Å²) >= 11 is 0. The number of aryl methyl sites for hydroxylation is 1. The fourth-order valence-electron chi connectivity index (χ4n) is 1.65. The first-order chi connectivity index (χ1) is 9.31. The minimum atomic E-state index is 0.553. The molecule has 0 aliphatic rings. The van der Waals surface area contributed by atoms with Crippen molar-refractivity contribution >= 4 is 17.5 Å². The van der Waals surface area contributed by atoms with Crippen LogP contribution in [0.2, 0.25) is 0 Å². The monoisotopic (exact) mass is 257 g/mol. The minimum absolute atomic E-state index is 0.553. The first kappa shape index (κ1) is 13.3. The molecule has 0 aliphatic carbocycles. The van der Waals surface area contributed by atoms with Crippen molar-refractivity contribution in [2.75, 3.05) is 17.2 Å². The number of nitrogens with zero attached hydrogens (tertiary/aromatic N) is 3. The predicted octanol–water partition coefficient (Wildman–Crippen LogP) is 3.00. The molecule has 19 heavy (non-hydrogen) atoms. The van der Waals surface area contributed by atoms with Crippen LogP contribution in [0.4, 0.5) is 17.5 Å². The quantitative estimate of drug-likeness (QED) is 0.833. The maximum absolute atomic E-state index is 4.35. The molecule has 0 radical (unpaired) electrons. The second-order valence-electron chi connectivity index (χ2n) is 4.27. The fraction of sp³-hybridized carbons (Fsp3) is 0.357. The van der Waals surface area contributed by atoms with E-state index in [1.807, 2.05) is 12.1 Å². The van der Waals surface area contributed by atoms with Gasteiger partial charge in [-0.2, -0.15) is 10.1 Å². The van der Waals surface area contributed by atoms with Crippen molar-refractivity contribution in [3.8, 4) is 0 Å². The van der Waals surface area contributed by atoms with Crippen molar-refractivity contribution in [3.63, 3.8) is 0 Å². The van der Waals surface area contributed by atoms with Gasteiger partial charge in [-0.1, -0.05) is 26.0 Å². The Morgan fingerprint density at radius 2 is 1.89 bits per heavy atom. The molecule has 0 aliphatic heterocycles. The maximum atomic E-state index is 4.35. The Kier molecular flexibility index (Phi) is 4.66. The zero-order valence-electron chi connectivity index (χ0n) is 11.3. The van der Waals surface area contributed by atoms with Gasteiger partial charge in [0.05, 0.1) is 6.20 Å². The molecule has 1 heterocycles. The van der Waals surface area contributed by atoms with Crippen molar-refractivity contribution in [2.45, 2.75) is 26.7 Å². The standard InChI is InChI=1S/C14H19N5/c1-3-9-15-14-18-13(10-16-19-14)17-12-7-5-11(4-2)6-8-12/h5-8,10H,3-4,9H2,1-2H3,(H2,15,17,18,19). The number of hydrogen-bond acceptors (Lipinski definition) is 5. The van der Waals surface area contributed by atoms with Gasteiger partial charge in [0.15, 0.2) is 5.82 Å². The molecule has 5 nitrogen and oxygen atoms in total. The Labute approximate surface area is 113 Å². The molecule has 0 bridgehead atoms. The summed E-state index contributed by atoms with van der Waals surface area (Å²) in [7, 11) is 0. The summed E-state index contributed by atoms with van der Waals surface area (Å²) in [5, 5.41) is 14.2. The van der Waals surface area contributed by atoms with Crippen LogP contribution < -0.4 is 10.6 Å². The molecule has 1 aromatic heterocycles. The third kappa shape index (κ3) is 3.91. The van der Waals surface area contributed by atoms with E-state index in [-0.39, 0.29) is 0 Å². The number of benzene rings is 1. The van der Waals surface area contributed by atoms with E-state index < -0.39 is 0 Å². The molecule has 5 heteroatoms. The van der Waals surface area contributed by atoms with E-state index in [4.69, 9.17) is 0 Å². The van der Waals surface area contributed by atoms with Gasteiger partial charge in [-0.3, -0.25) is 0 Å². The number of aromatic nitrogens is 3. The summed E-state index contributed by atoms with van der Waals surface area (Å²) in [4.78, 5) is 4.35. The van der Waals surface area contributed by atoms with Gasteiger partial charge in [0, 0.05) is 12.2 Å². The molecule has 0 atom stereocenters. The van der Waals surface area contributed by atoms with Crippen LogP contribution in [0.25, 0.3) is 0 Å². The molecule has 0 saturated carbocycles. The van der Waals surface area contributed by atoms with Crippen molar-refractivity contribution < 1.29 is 0 Å². The molecule has 2 aromatic rings. The molecule has 2 rings (SSSR count). The van der Waals surface area contributed by atoms with Crippen molar-refractivity contribution in [1.82, 2.24) is 15.2 Å². The highest BCUT2D eigenvalue weighted by molar-refractivity contribution is 5.56. The third-order valence-electron chi connectivity index (χ3n) is 2.73. The molecule has 2 N–H and O–H groups in total. The lowest BCUT2D eigenvalue weighted by atomic mass is 10.1. The van der Waals surface area contributed by atoms with Crippen LogP contribution in [0.15, 0.2) is 30.5 Å². The summed E-state index contributed by atoms with van der Waals surface area (Å²) in [6, 6.07) is 8.29. The molecular formula is C14H19N5. The summed E-state index contributed by atoms with van der Waals surface area (Å²) in [5.74, 6) is 1.25. The van der Waals surface area contributed by atoms with Gasteiger partial charge in [0.2, 0.25) is 5.95 Å². The molecule has 0 amide bonds. The van der Waals surface area contributed by atoms with E-state index in [1.165, 1.54) is 5.56 Å². The second kappa shape index (κ2) is 6.68. The zero-order valence-corrected chi connectivity index (χ0v) is 11.3. The predicted molar refractivity (Wildman–Crippen MR) is 77.7 cm³/mol. The van der Waals surface area contributed by atoms with Crippen molar-refractivity contribution in [3.05, 3.63) is 36.0 Å². The average Bonchev–Trinajstić information content (AvgIpc) is 2.46. The van der Waals surface area contributed by atoms with E-state index in [2.05, 4.69) is 51.8 Å². The van der Waals surface area contributed by atoms with Gasteiger partial charge >= 0.3 is 0 Å². The Morgan fingerprint density at radius 1 is 1.11 bits per heavy atom. The van der Waals surface area contributed by atoms with Crippen molar-refractivity contribution in [1.29, 1.82) is 0 Å². The number of hydrogen-bond donors (Lipinski definition) is 2. The van der Waals surface area contributed by atoms with Crippen LogP contribution in [0.5, 0.6) is 0 Å². The van der Waals surface area contributed by atoms with Crippen molar-refractivity contribution in [2.24, 2.45) is 0 Å². The van der Waals surface area contributed by atoms with Gasteiger partial charge in [-0.05, 0) is 30.5 Å². The molecular weight excluding hydrogens is 238 g/mol. The highest BCUT2D eigenvalue weighted by Crippen LogP contribution is 2.15. The third-order valence-corrected chi connectivity index (χ3v) is 2.73. The van der Waals surface area contributed by atoms with Crippen LogP contribution >= 0.6 is 0 Å². The minimum Gasteiger partial charge on any atom is -0.353 e. The number of rotatable bonds is 6. The lowest BCUT2D eigenvalue weighted by Crippen LogP contribution is -2.06. The summed E-state index contributed by atoms with van der Waals surface area (Å²) in [5.41, 5.74) is 2.32. The summed E-state index contributed by atoms with van der Waals surface area (Å²) in [6.07, 6.45) is 3.69. The van der Waals surface area contributed by atoms with Gasteiger partial charge in [0.25, 0.3) is 0 Å². The zero-order chi connectivity index (χ0) is 13.5. The SMILES string of the molecule is CCCNc1nncc(Nc2ccc(CC)cc2)n1. The highest BCUT2D eigenvalue weighted by Gasteiger charge is 2.00. The highest BCUT2D eigenvalue weighted by atomic mass is 15.3. The Balaban J connectivity index is 2.05. The smallest absolute Gasteiger partial charge is 0.244 e. The van der Waals surface area contributed by atoms with Crippen LogP contribution in [-0.2, 0) is 6.42 Å². The molecule has 0 saturated heterocycles. The Bertz CT molecular complexity index is 509. The summed E-state index contributed by atoms with van der Waals surface area (Å²) in [6.45, 7) is 5.08. The van der Waals surface area contributed by atoms with Gasteiger partial charge in [0.1, 0.15) is 0 Å². The van der Waals surface area contributed by atoms with Gasteiger partial charge < -0.3 is 10.6 Å². The van der Waals surface area contributed by atoms with E-state index in [0.717, 1.165) is 25.1 Å². The van der Waals surface area contributed by atoms with E-state index >= 15 is 0 Å². The van der Waals surface area contributed by atoms with Crippen LogP contribution in [-0.4, -0.2) is 21.7 Å². The van der Waals surface area contributed by atoms with Crippen LogP contribution in [0.3, 0.4) is 0 Å². The Hall–Kier alpha value is -2.17. The van der Waals surface area contributed by atoms with E-state index in [0.29, 0.717) is 11.8 Å². The topological polar surface area (TPSA) is 62.7 Å². The van der Waals surface area contributed by atoms with Gasteiger partial charge in [-0.15, -0.1) is 5.10 Å². The lowest BCUT2D eigenvalue weighted by Gasteiger charge is -2.07. The van der Waals surface area contributed by atoms with E-state index in [9.17, 15) is 0 Å². The van der Waals surface area contributed by atoms with Crippen LogP contribution in [0.1, 0.15) is 25.8 Å². The van der Waals surface area contributed by atoms with Crippen LogP contribution in [0, 0.1) is 0 Å². The first-order valence-corrected chi connectivity index (χ1v) is 6.61. The normalized spacial score (nSPS) is 10.2.